The van der Waals surface area contributed by atoms with Gasteiger partial charge in [-0.3, -0.25) is 9.12 Å². The molecule has 4 N–H and O–H groups in total. The lowest BCUT2D eigenvalue weighted by atomic mass is 9.83. The summed E-state index contributed by atoms with van der Waals surface area (Å²) in [4.78, 5) is 9.36. The summed E-state index contributed by atoms with van der Waals surface area (Å²) in [5.74, 6) is 0.724. The predicted octanol–water partition coefficient (Wildman–Crippen LogP) is 5.71. The third kappa shape index (κ3) is 5.46. The Balaban J connectivity index is 1.33. The fourth-order valence-electron chi connectivity index (χ4n) is 5.89. The standard InChI is InChI=1S/C30H34ClFN6O3S/c1-17(2)30-36-27(19-9-12-24(23(32)13-19)37-42(39,40)26-6-4-3-5-22(26)31)28-29(33)34-14-25(38(28)30)18-7-10-20(11-8-18)35-21-15-41-16-21/h3-6,9,12-14,17-18,20-21,35,37H,7-8,10-11,15-16H2,1-2H3,(H2,33,34)/t18-,20+. The van der Waals surface area contributed by atoms with Crippen LogP contribution in [-0.4, -0.2) is 48.1 Å². The molecule has 0 spiro atoms. The van der Waals surface area contributed by atoms with Gasteiger partial charge in [-0.15, -0.1) is 0 Å². The molecule has 0 radical (unpaired) electrons. The minimum Gasteiger partial charge on any atom is -0.382 e. The molecule has 1 aliphatic heterocycles. The van der Waals surface area contributed by atoms with Crippen LogP contribution in [0.15, 0.2) is 53.6 Å². The number of imidazole rings is 1. The van der Waals surface area contributed by atoms with Crippen molar-refractivity contribution in [3.63, 3.8) is 0 Å². The van der Waals surface area contributed by atoms with Crippen molar-refractivity contribution in [1.82, 2.24) is 19.7 Å². The van der Waals surface area contributed by atoms with Crippen molar-refractivity contribution in [3.05, 3.63) is 71.0 Å². The summed E-state index contributed by atoms with van der Waals surface area (Å²) in [5, 5.41) is 3.75. The van der Waals surface area contributed by atoms with E-state index in [-0.39, 0.29) is 27.4 Å². The maximum Gasteiger partial charge on any atom is 0.263 e. The van der Waals surface area contributed by atoms with Gasteiger partial charge < -0.3 is 15.8 Å². The first-order valence-electron chi connectivity index (χ1n) is 14.2. The zero-order valence-electron chi connectivity index (χ0n) is 23.5. The number of sulfonamides is 1. The number of hydrogen-bond donors (Lipinski definition) is 3. The van der Waals surface area contributed by atoms with Crippen LogP contribution >= 0.6 is 11.6 Å². The van der Waals surface area contributed by atoms with E-state index in [2.05, 4.69) is 33.3 Å². The smallest absolute Gasteiger partial charge is 0.263 e. The largest absolute Gasteiger partial charge is 0.382 e. The van der Waals surface area contributed by atoms with Crippen molar-refractivity contribution in [2.24, 2.45) is 0 Å². The van der Waals surface area contributed by atoms with E-state index < -0.39 is 15.8 Å². The zero-order valence-corrected chi connectivity index (χ0v) is 25.1. The average molecular weight is 613 g/mol. The van der Waals surface area contributed by atoms with Crippen LogP contribution in [0, 0.1) is 5.82 Å². The van der Waals surface area contributed by atoms with E-state index in [1.165, 1.54) is 24.3 Å². The number of ether oxygens (including phenoxy) is 1. The minimum absolute atomic E-state index is 0.0456. The highest BCUT2D eigenvalue weighted by Crippen LogP contribution is 2.39. The Morgan fingerprint density at radius 2 is 1.83 bits per heavy atom. The van der Waals surface area contributed by atoms with E-state index in [1.54, 1.807) is 18.2 Å². The number of nitrogens with two attached hydrogens (primary N) is 1. The predicted molar refractivity (Wildman–Crippen MR) is 162 cm³/mol. The van der Waals surface area contributed by atoms with Crippen molar-refractivity contribution in [2.75, 3.05) is 23.7 Å². The number of aromatic nitrogens is 3. The summed E-state index contributed by atoms with van der Waals surface area (Å²) in [6.07, 6.45) is 5.98. The Kier molecular flexibility index (Phi) is 7.86. The van der Waals surface area contributed by atoms with Crippen molar-refractivity contribution in [2.45, 2.75) is 68.3 Å². The molecule has 12 heteroatoms. The van der Waals surface area contributed by atoms with Gasteiger partial charge in [-0.25, -0.2) is 22.8 Å². The van der Waals surface area contributed by atoms with Crippen LogP contribution in [0.3, 0.4) is 0 Å². The average Bonchev–Trinajstić information content (AvgIpc) is 3.35. The molecule has 3 heterocycles. The lowest BCUT2D eigenvalue weighted by Gasteiger charge is -2.35. The molecule has 42 heavy (non-hydrogen) atoms. The lowest BCUT2D eigenvalue weighted by Crippen LogP contribution is -2.51. The van der Waals surface area contributed by atoms with E-state index in [4.69, 9.17) is 27.1 Å². The summed E-state index contributed by atoms with van der Waals surface area (Å²) in [7, 11) is -4.10. The Morgan fingerprint density at radius 1 is 1.10 bits per heavy atom. The summed E-state index contributed by atoms with van der Waals surface area (Å²) >= 11 is 6.07. The number of nitrogens with one attached hydrogen (secondary N) is 2. The molecule has 0 bridgehead atoms. The molecule has 0 unspecified atom stereocenters. The molecular formula is C30H34ClFN6O3S. The molecule has 2 aromatic heterocycles. The Bertz CT molecular complexity index is 1730. The maximum absolute atomic E-state index is 15.4. The van der Waals surface area contributed by atoms with Gasteiger partial charge in [0.15, 0.2) is 0 Å². The molecule has 222 valence electrons. The second kappa shape index (κ2) is 11.4. The van der Waals surface area contributed by atoms with Crippen molar-refractivity contribution < 1.29 is 17.5 Å². The van der Waals surface area contributed by atoms with Crippen LogP contribution < -0.4 is 15.8 Å². The van der Waals surface area contributed by atoms with Crippen molar-refractivity contribution >= 4 is 38.6 Å². The molecule has 0 amide bonds. The second-order valence-electron chi connectivity index (χ2n) is 11.4. The van der Waals surface area contributed by atoms with Gasteiger partial charge in [-0.1, -0.05) is 43.6 Å². The fourth-order valence-corrected chi connectivity index (χ4v) is 7.48. The monoisotopic (exact) mass is 612 g/mol. The van der Waals surface area contributed by atoms with E-state index in [1.807, 2.05) is 6.20 Å². The highest BCUT2D eigenvalue weighted by Gasteiger charge is 2.30. The van der Waals surface area contributed by atoms with Crippen LogP contribution in [0.4, 0.5) is 15.9 Å². The zero-order chi connectivity index (χ0) is 29.6. The summed E-state index contributed by atoms with van der Waals surface area (Å²) in [5.41, 5.74) is 8.91. The Hall–Kier alpha value is -3.25. The van der Waals surface area contributed by atoms with E-state index in [0.717, 1.165) is 50.4 Å². The van der Waals surface area contributed by atoms with Crippen LogP contribution in [0.1, 0.15) is 62.9 Å². The number of benzene rings is 2. The van der Waals surface area contributed by atoms with Gasteiger partial charge in [0.25, 0.3) is 10.0 Å². The molecule has 4 aromatic rings. The number of nitrogens with zero attached hydrogens (tertiary/aromatic N) is 3. The Morgan fingerprint density at radius 3 is 2.48 bits per heavy atom. The summed E-state index contributed by atoms with van der Waals surface area (Å²) in [6, 6.07) is 11.2. The van der Waals surface area contributed by atoms with Crippen molar-refractivity contribution in [1.29, 1.82) is 0 Å². The van der Waals surface area contributed by atoms with E-state index >= 15 is 4.39 Å². The first kappa shape index (κ1) is 28.9. The van der Waals surface area contributed by atoms with Gasteiger partial charge >= 0.3 is 0 Å². The molecule has 2 aromatic carbocycles. The molecule has 2 aliphatic rings. The third-order valence-electron chi connectivity index (χ3n) is 8.12. The first-order valence-corrected chi connectivity index (χ1v) is 16.1. The fraction of sp³-hybridized carbons (Fsp3) is 0.400. The van der Waals surface area contributed by atoms with Gasteiger partial charge in [0.1, 0.15) is 33.6 Å². The van der Waals surface area contributed by atoms with Gasteiger partial charge in [0.2, 0.25) is 0 Å². The van der Waals surface area contributed by atoms with Gasteiger partial charge in [0, 0.05) is 35.3 Å². The van der Waals surface area contributed by atoms with E-state index in [9.17, 15) is 8.42 Å². The number of rotatable bonds is 8. The van der Waals surface area contributed by atoms with Gasteiger partial charge in [-0.05, 0) is 49.9 Å². The number of halogens is 2. The van der Waals surface area contributed by atoms with Crippen molar-refractivity contribution in [3.8, 4) is 11.3 Å². The first-order chi connectivity index (χ1) is 20.1. The third-order valence-corrected chi connectivity index (χ3v) is 9.99. The van der Waals surface area contributed by atoms with Crippen LogP contribution in [0.5, 0.6) is 0 Å². The molecule has 1 saturated heterocycles. The molecule has 1 saturated carbocycles. The maximum atomic E-state index is 15.4. The summed E-state index contributed by atoms with van der Waals surface area (Å²) in [6.45, 7) is 5.70. The van der Waals surface area contributed by atoms with Gasteiger partial charge in [0.05, 0.1) is 30.0 Å². The minimum atomic E-state index is -4.10. The molecule has 0 atom stereocenters. The molecule has 1 aliphatic carbocycles. The van der Waals surface area contributed by atoms with E-state index in [0.29, 0.717) is 34.7 Å². The molecular weight excluding hydrogens is 579 g/mol. The second-order valence-corrected chi connectivity index (χ2v) is 13.5. The highest BCUT2D eigenvalue weighted by atomic mass is 35.5. The molecule has 9 nitrogen and oxygen atoms in total. The number of nitrogen functional groups attached to an aromatic ring is 1. The van der Waals surface area contributed by atoms with Crippen LogP contribution in [-0.2, 0) is 14.8 Å². The quantitative estimate of drug-likeness (QED) is 0.233. The summed E-state index contributed by atoms with van der Waals surface area (Å²) < 4.78 is 50.9. The number of hydrogen-bond acceptors (Lipinski definition) is 7. The van der Waals surface area contributed by atoms with Gasteiger partial charge in [-0.2, -0.15) is 0 Å². The van der Waals surface area contributed by atoms with Crippen LogP contribution in [0.25, 0.3) is 16.8 Å². The highest BCUT2D eigenvalue weighted by molar-refractivity contribution is 7.92. The normalized spacial score (nSPS) is 19.7. The molecule has 2 fully saturated rings. The lowest BCUT2D eigenvalue weighted by molar-refractivity contribution is -0.0121. The number of fused-ring (bicyclic) bond motifs is 1. The topological polar surface area (TPSA) is 124 Å². The SMILES string of the molecule is CC(C)c1nc(-c2ccc(NS(=O)(=O)c3ccccc3Cl)c(F)c2)c2c(N)ncc([C@H]3CC[C@@H](NC4COC4)CC3)n12. The molecule has 6 rings (SSSR count). The number of anilines is 2. The van der Waals surface area contributed by atoms with Crippen LogP contribution in [0.2, 0.25) is 5.02 Å². The Labute approximate surface area is 249 Å².